The molecule has 0 unspecified atom stereocenters. The van der Waals surface area contributed by atoms with E-state index in [0.717, 1.165) is 5.56 Å². The van der Waals surface area contributed by atoms with Gasteiger partial charge >= 0.3 is 5.97 Å². The number of ether oxygens (including phenoxy) is 1. The number of halogens is 3. The molecule has 3 aromatic rings. The molecule has 25 heavy (non-hydrogen) atoms. The van der Waals surface area contributed by atoms with Crippen molar-refractivity contribution in [3.63, 3.8) is 0 Å². The number of fused-ring (bicyclic) bond motifs is 1. The zero-order valence-corrected chi connectivity index (χ0v) is 15.5. The van der Waals surface area contributed by atoms with Crippen LogP contribution in [-0.2, 0) is 11.3 Å². The lowest BCUT2D eigenvalue weighted by atomic mass is 10.2. The van der Waals surface area contributed by atoms with Crippen LogP contribution in [0.25, 0.3) is 10.9 Å². The van der Waals surface area contributed by atoms with Crippen LogP contribution in [0.4, 0.5) is 0 Å². The summed E-state index contributed by atoms with van der Waals surface area (Å²) >= 11 is 18.1. The number of carbonyl (C=O) groups excluding carboxylic acids is 1. The number of nitrogens with zero attached hydrogens (tertiary/aromatic N) is 1. The van der Waals surface area contributed by atoms with Crippen LogP contribution < -0.4 is 0 Å². The Hall–Kier alpha value is -1.88. The molecule has 0 spiro atoms. The molecule has 0 aliphatic carbocycles. The second kappa shape index (κ2) is 7.16. The molecule has 1 heterocycles. The molecule has 2 aromatic carbocycles. The first kappa shape index (κ1) is 17.9. The Morgan fingerprint density at radius 1 is 1.08 bits per heavy atom. The maximum Gasteiger partial charge on any atom is 0.354 e. The number of phenolic OH excluding ortho intramolecular Hbond substituents is 1. The largest absolute Gasteiger partial charge is 0.506 e. The standard InChI is InChI=1S/C18H14Cl3NO3/c1-2-25-18(24)16-6-11-7-17(23)14(21)8-15(11)22(16)9-10-3-4-12(19)13(20)5-10/h3-8,23H,2,9H2,1H3. The van der Waals surface area contributed by atoms with Crippen molar-refractivity contribution in [2.24, 2.45) is 0 Å². The molecule has 4 nitrogen and oxygen atoms in total. The van der Waals surface area contributed by atoms with E-state index in [9.17, 15) is 9.90 Å². The molecular weight excluding hydrogens is 385 g/mol. The SMILES string of the molecule is CCOC(=O)c1cc2cc(O)c(Cl)cc2n1Cc1ccc(Cl)c(Cl)c1. The average Bonchev–Trinajstić information content (AvgIpc) is 2.89. The molecule has 0 amide bonds. The molecule has 0 saturated carbocycles. The molecule has 3 rings (SSSR count). The van der Waals surface area contributed by atoms with E-state index in [2.05, 4.69) is 0 Å². The third kappa shape index (κ3) is 3.56. The predicted octanol–water partition coefficient (Wildman–Crippen LogP) is 5.53. The average molecular weight is 399 g/mol. The fourth-order valence-corrected chi connectivity index (χ4v) is 3.12. The van der Waals surface area contributed by atoms with Crippen molar-refractivity contribution in [2.75, 3.05) is 6.61 Å². The normalized spacial score (nSPS) is 11.0. The van der Waals surface area contributed by atoms with Crippen molar-refractivity contribution in [1.29, 1.82) is 0 Å². The van der Waals surface area contributed by atoms with E-state index in [-0.39, 0.29) is 17.4 Å². The second-order valence-electron chi connectivity index (χ2n) is 5.45. The summed E-state index contributed by atoms with van der Waals surface area (Å²) in [6.45, 7) is 2.38. The van der Waals surface area contributed by atoms with Crippen molar-refractivity contribution in [1.82, 2.24) is 4.57 Å². The molecule has 1 aromatic heterocycles. The summed E-state index contributed by atoms with van der Waals surface area (Å²) in [7, 11) is 0. The van der Waals surface area contributed by atoms with Gasteiger partial charge in [0.05, 0.1) is 27.2 Å². The lowest BCUT2D eigenvalue weighted by Crippen LogP contribution is -2.12. The molecule has 0 aliphatic rings. The number of aromatic nitrogens is 1. The van der Waals surface area contributed by atoms with Crippen molar-refractivity contribution in [3.8, 4) is 5.75 Å². The monoisotopic (exact) mass is 397 g/mol. The number of carbonyl (C=O) groups is 1. The summed E-state index contributed by atoms with van der Waals surface area (Å²) in [5.74, 6) is -0.495. The highest BCUT2D eigenvalue weighted by molar-refractivity contribution is 6.42. The minimum Gasteiger partial charge on any atom is -0.506 e. The van der Waals surface area contributed by atoms with E-state index in [1.165, 1.54) is 6.07 Å². The van der Waals surface area contributed by atoms with Gasteiger partial charge in [0.2, 0.25) is 0 Å². The van der Waals surface area contributed by atoms with Gasteiger partial charge in [0, 0.05) is 11.9 Å². The first-order valence-corrected chi connectivity index (χ1v) is 8.67. The highest BCUT2D eigenvalue weighted by Crippen LogP contribution is 2.32. The third-order valence-corrected chi connectivity index (χ3v) is 4.82. The first-order valence-electron chi connectivity index (χ1n) is 7.53. The second-order valence-corrected chi connectivity index (χ2v) is 6.67. The Bertz CT molecular complexity index is 966. The van der Waals surface area contributed by atoms with Gasteiger partial charge in [0.15, 0.2) is 0 Å². The Morgan fingerprint density at radius 2 is 1.84 bits per heavy atom. The minimum atomic E-state index is -0.450. The summed E-state index contributed by atoms with van der Waals surface area (Å²) in [5.41, 5.74) is 1.93. The maximum atomic E-state index is 12.3. The summed E-state index contributed by atoms with van der Waals surface area (Å²) in [6.07, 6.45) is 0. The highest BCUT2D eigenvalue weighted by atomic mass is 35.5. The third-order valence-electron chi connectivity index (χ3n) is 3.78. The number of rotatable bonds is 4. The van der Waals surface area contributed by atoms with Gasteiger partial charge in [0.1, 0.15) is 11.4 Å². The Kier molecular flexibility index (Phi) is 5.13. The predicted molar refractivity (Wildman–Crippen MR) is 100 cm³/mol. The van der Waals surface area contributed by atoms with Gasteiger partial charge in [-0.05, 0) is 42.8 Å². The van der Waals surface area contributed by atoms with Crippen LogP contribution in [0.15, 0.2) is 36.4 Å². The fourth-order valence-electron chi connectivity index (χ4n) is 2.64. The van der Waals surface area contributed by atoms with Crippen LogP contribution >= 0.6 is 34.8 Å². The zero-order chi connectivity index (χ0) is 18.1. The summed E-state index contributed by atoms with van der Waals surface area (Å²) in [5, 5.41) is 11.6. The summed E-state index contributed by atoms with van der Waals surface area (Å²) in [6, 6.07) is 10.1. The molecule has 1 N–H and O–H groups in total. The van der Waals surface area contributed by atoms with E-state index < -0.39 is 5.97 Å². The number of hydrogen-bond acceptors (Lipinski definition) is 3. The van der Waals surface area contributed by atoms with Crippen LogP contribution in [0.1, 0.15) is 23.0 Å². The Balaban J connectivity index is 2.15. The van der Waals surface area contributed by atoms with Crippen molar-refractivity contribution in [3.05, 3.63) is 62.7 Å². The molecule has 0 radical (unpaired) electrons. The number of aromatic hydroxyl groups is 1. The maximum absolute atomic E-state index is 12.3. The Labute approximate surface area is 159 Å². The lowest BCUT2D eigenvalue weighted by Gasteiger charge is -2.11. The summed E-state index contributed by atoms with van der Waals surface area (Å²) in [4.78, 5) is 12.3. The molecule has 0 aliphatic heterocycles. The minimum absolute atomic E-state index is 0.0451. The summed E-state index contributed by atoms with van der Waals surface area (Å²) < 4.78 is 6.91. The van der Waals surface area contributed by atoms with Crippen LogP contribution in [0, 0.1) is 0 Å². The number of phenols is 1. The number of benzene rings is 2. The van der Waals surface area contributed by atoms with E-state index in [1.807, 2.05) is 6.07 Å². The first-order chi connectivity index (χ1) is 11.9. The van der Waals surface area contributed by atoms with Crippen molar-refractivity contribution < 1.29 is 14.6 Å². The molecule has 0 fully saturated rings. The fraction of sp³-hybridized carbons (Fsp3) is 0.167. The van der Waals surface area contributed by atoms with Gasteiger partial charge in [-0.1, -0.05) is 40.9 Å². The molecular formula is C18H14Cl3NO3. The number of hydrogen-bond donors (Lipinski definition) is 1. The molecule has 0 atom stereocenters. The van der Waals surface area contributed by atoms with E-state index >= 15 is 0 Å². The van der Waals surface area contributed by atoms with Gasteiger partial charge in [-0.25, -0.2) is 4.79 Å². The smallest absolute Gasteiger partial charge is 0.354 e. The lowest BCUT2D eigenvalue weighted by molar-refractivity contribution is 0.0515. The van der Waals surface area contributed by atoms with Gasteiger partial charge in [-0.3, -0.25) is 0 Å². The quantitative estimate of drug-likeness (QED) is 0.588. The topological polar surface area (TPSA) is 51.5 Å². The van der Waals surface area contributed by atoms with Crippen molar-refractivity contribution in [2.45, 2.75) is 13.5 Å². The van der Waals surface area contributed by atoms with Crippen LogP contribution in [0.3, 0.4) is 0 Å². The van der Waals surface area contributed by atoms with E-state index in [0.29, 0.717) is 33.2 Å². The van der Waals surface area contributed by atoms with Gasteiger partial charge in [-0.15, -0.1) is 0 Å². The number of esters is 1. The van der Waals surface area contributed by atoms with E-state index in [1.54, 1.807) is 35.8 Å². The van der Waals surface area contributed by atoms with E-state index in [4.69, 9.17) is 39.5 Å². The Morgan fingerprint density at radius 3 is 2.52 bits per heavy atom. The van der Waals surface area contributed by atoms with Crippen LogP contribution in [0.5, 0.6) is 5.75 Å². The molecule has 130 valence electrons. The molecule has 0 bridgehead atoms. The van der Waals surface area contributed by atoms with Gasteiger partial charge in [-0.2, -0.15) is 0 Å². The van der Waals surface area contributed by atoms with Gasteiger partial charge in [0.25, 0.3) is 0 Å². The molecule has 0 saturated heterocycles. The van der Waals surface area contributed by atoms with Crippen molar-refractivity contribution >= 4 is 51.7 Å². The zero-order valence-electron chi connectivity index (χ0n) is 13.2. The van der Waals surface area contributed by atoms with Crippen LogP contribution in [-0.4, -0.2) is 22.2 Å². The molecule has 7 heteroatoms. The highest BCUT2D eigenvalue weighted by Gasteiger charge is 2.18. The van der Waals surface area contributed by atoms with Crippen LogP contribution in [0.2, 0.25) is 15.1 Å². The van der Waals surface area contributed by atoms with Gasteiger partial charge < -0.3 is 14.4 Å².